The second-order valence-electron chi connectivity index (χ2n) is 6.88. The van der Waals surface area contributed by atoms with Gasteiger partial charge in [-0.1, -0.05) is 30.3 Å². The molecule has 0 saturated carbocycles. The topological polar surface area (TPSA) is 218 Å². The fraction of sp³-hybridized carbons (Fsp3) is 0.450. The van der Waals surface area contributed by atoms with E-state index in [2.05, 4.69) is 20.9 Å². The van der Waals surface area contributed by atoms with Crippen LogP contribution in [0.15, 0.2) is 35.3 Å². The van der Waals surface area contributed by atoms with Crippen molar-refractivity contribution < 1.29 is 34.1 Å². The predicted octanol–water partition coefficient (Wildman–Crippen LogP) is -2.51. The molecule has 0 aliphatic carbocycles. The number of nitrogens with zero attached hydrogens (tertiary/aromatic N) is 1. The van der Waals surface area contributed by atoms with Crippen LogP contribution in [0.5, 0.6) is 0 Å². The average Bonchev–Trinajstić information content (AvgIpc) is 2.81. The molecule has 3 amide bonds. The van der Waals surface area contributed by atoms with E-state index in [1.165, 1.54) is 0 Å². The van der Waals surface area contributed by atoms with Crippen molar-refractivity contribution in [1.82, 2.24) is 16.0 Å². The maximum atomic E-state index is 12.3. The summed E-state index contributed by atoms with van der Waals surface area (Å²) >= 11 is 0. The summed E-state index contributed by atoms with van der Waals surface area (Å²) in [5.74, 6) is -1.85. The molecule has 1 rings (SSSR count). The molecule has 0 bridgehead atoms. The number of alkyl carbamates (subject to hydrolysis) is 1. The Hall–Kier alpha value is -3.71. The second-order valence-corrected chi connectivity index (χ2v) is 6.88. The first kappa shape index (κ1) is 27.3. The molecule has 33 heavy (non-hydrogen) atoms. The van der Waals surface area contributed by atoms with Gasteiger partial charge in [0.1, 0.15) is 25.0 Å². The fourth-order valence-corrected chi connectivity index (χ4v) is 2.54. The van der Waals surface area contributed by atoms with Gasteiger partial charge < -0.3 is 47.2 Å². The lowest BCUT2D eigenvalue weighted by molar-refractivity contribution is -0.132. The molecule has 0 saturated heterocycles. The standard InChI is InChI=1S/C20H30N6O7/c21-19(22)23-8-4-7-14(9-27)24-17(30)15(10-28)25-18(31)16(11-29)26-20(32)33-12-13-5-2-1-3-6-13/h1-3,5-6,9,14-16,28-29H,4,7-8,10-12H2,(H,24,30)(H,25,31)(H,26,32)(H4,21,22,23)/t14-,15-,16+/m0/s1. The Kier molecular flexibility index (Phi) is 12.5. The van der Waals surface area contributed by atoms with Gasteiger partial charge in [-0.25, -0.2) is 4.79 Å². The van der Waals surface area contributed by atoms with Crippen molar-refractivity contribution >= 4 is 30.2 Å². The summed E-state index contributed by atoms with van der Waals surface area (Å²) < 4.78 is 4.98. The number of carbonyl (C=O) groups is 4. The molecule has 0 aliphatic rings. The van der Waals surface area contributed by atoms with Gasteiger partial charge in [0.2, 0.25) is 11.8 Å². The molecule has 13 heteroatoms. The number of guanidine groups is 1. The van der Waals surface area contributed by atoms with E-state index >= 15 is 0 Å². The summed E-state index contributed by atoms with van der Waals surface area (Å²) in [4.78, 5) is 51.5. The average molecular weight is 466 g/mol. The number of hydrogen-bond donors (Lipinski definition) is 7. The van der Waals surface area contributed by atoms with Crippen LogP contribution in [0.25, 0.3) is 0 Å². The van der Waals surface area contributed by atoms with E-state index < -0.39 is 49.2 Å². The first-order chi connectivity index (χ1) is 15.8. The molecule has 0 radical (unpaired) electrons. The lowest BCUT2D eigenvalue weighted by atomic mass is 10.1. The van der Waals surface area contributed by atoms with Crippen LogP contribution in [0.3, 0.4) is 0 Å². The van der Waals surface area contributed by atoms with E-state index in [1.54, 1.807) is 30.3 Å². The van der Waals surface area contributed by atoms with E-state index in [-0.39, 0.29) is 25.5 Å². The zero-order valence-electron chi connectivity index (χ0n) is 18.0. The molecule has 13 nitrogen and oxygen atoms in total. The van der Waals surface area contributed by atoms with Crippen molar-refractivity contribution in [2.45, 2.75) is 37.6 Å². The number of aliphatic hydroxyl groups excluding tert-OH is 2. The fourth-order valence-electron chi connectivity index (χ4n) is 2.54. The number of hydrogen-bond acceptors (Lipinski definition) is 8. The van der Waals surface area contributed by atoms with Gasteiger partial charge in [-0.2, -0.15) is 0 Å². The number of rotatable bonds is 14. The summed E-state index contributed by atoms with van der Waals surface area (Å²) in [6, 6.07) is 5.05. The van der Waals surface area contributed by atoms with E-state index in [0.29, 0.717) is 12.7 Å². The van der Waals surface area contributed by atoms with Crippen molar-refractivity contribution in [2.75, 3.05) is 19.8 Å². The van der Waals surface area contributed by atoms with Gasteiger partial charge in [-0.05, 0) is 18.4 Å². The number of aldehydes is 1. The predicted molar refractivity (Wildman–Crippen MR) is 118 cm³/mol. The van der Waals surface area contributed by atoms with Crippen LogP contribution in [0, 0.1) is 0 Å². The summed E-state index contributed by atoms with van der Waals surface area (Å²) in [5.41, 5.74) is 11.1. The summed E-state index contributed by atoms with van der Waals surface area (Å²) in [6.07, 6.45) is 0.176. The monoisotopic (exact) mass is 466 g/mol. The SMILES string of the molecule is NC(N)=NCCC[C@@H](C=O)NC(=O)[C@H](CO)NC(=O)[C@@H](CO)NC(=O)OCc1ccccc1. The summed E-state index contributed by atoms with van der Waals surface area (Å²) in [5, 5.41) is 25.7. The lowest BCUT2D eigenvalue weighted by Crippen LogP contribution is -2.57. The molecular formula is C20H30N6O7. The lowest BCUT2D eigenvalue weighted by Gasteiger charge is -2.22. The quantitative estimate of drug-likeness (QED) is 0.0665. The van der Waals surface area contributed by atoms with Crippen molar-refractivity contribution in [1.29, 1.82) is 0 Å². The third-order valence-corrected chi connectivity index (χ3v) is 4.28. The first-order valence-corrected chi connectivity index (χ1v) is 10.1. The summed E-state index contributed by atoms with van der Waals surface area (Å²) in [7, 11) is 0. The number of ether oxygens (including phenoxy) is 1. The number of aliphatic hydroxyl groups is 2. The van der Waals surface area contributed by atoms with Crippen LogP contribution >= 0.6 is 0 Å². The highest BCUT2D eigenvalue weighted by molar-refractivity contribution is 5.92. The smallest absolute Gasteiger partial charge is 0.408 e. The molecule has 0 unspecified atom stereocenters. The first-order valence-electron chi connectivity index (χ1n) is 10.1. The van der Waals surface area contributed by atoms with E-state index in [9.17, 15) is 29.4 Å². The normalized spacial score (nSPS) is 13.0. The number of amides is 3. The molecule has 182 valence electrons. The van der Waals surface area contributed by atoms with E-state index in [0.717, 1.165) is 5.56 Å². The van der Waals surface area contributed by atoms with Crippen LogP contribution in [-0.4, -0.2) is 78.3 Å². The zero-order chi connectivity index (χ0) is 24.6. The molecule has 3 atom stereocenters. The highest BCUT2D eigenvalue weighted by Gasteiger charge is 2.27. The van der Waals surface area contributed by atoms with E-state index in [1.807, 2.05) is 0 Å². The maximum Gasteiger partial charge on any atom is 0.408 e. The second kappa shape index (κ2) is 15.2. The minimum absolute atomic E-state index is 0.0512. The molecule has 0 heterocycles. The Morgan fingerprint density at radius 2 is 1.61 bits per heavy atom. The Balaban J connectivity index is 2.55. The minimum Gasteiger partial charge on any atom is -0.445 e. The molecule has 0 spiro atoms. The third kappa shape index (κ3) is 10.9. The van der Waals surface area contributed by atoms with Gasteiger partial charge in [0.15, 0.2) is 5.96 Å². The molecule has 9 N–H and O–H groups in total. The van der Waals surface area contributed by atoms with Crippen molar-refractivity contribution in [3.05, 3.63) is 35.9 Å². The zero-order valence-corrected chi connectivity index (χ0v) is 18.0. The molecule has 0 aromatic heterocycles. The highest BCUT2D eigenvalue weighted by Crippen LogP contribution is 2.01. The molecule has 0 aliphatic heterocycles. The summed E-state index contributed by atoms with van der Waals surface area (Å²) in [6.45, 7) is -1.36. The van der Waals surface area contributed by atoms with E-state index in [4.69, 9.17) is 16.2 Å². The van der Waals surface area contributed by atoms with Crippen LogP contribution < -0.4 is 27.4 Å². The third-order valence-electron chi connectivity index (χ3n) is 4.28. The maximum absolute atomic E-state index is 12.3. The number of nitrogens with one attached hydrogen (secondary N) is 3. The van der Waals surface area contributed by atoms with Gasteiger partial charge in [-0.15, -0.1) is 0 Å². The molecule has 0 fully saturated rings. The molecule has 1 aromatic carbocycles. The Morgan fingerprint density at radius 3 is 2.18 bits per heavy atom. The largest absolute Gasteiger partial charge is 0.445 e. The number of benzene rings is 1. The minimum atomic E-state index is -1.43. The Morgan fingerprint density at radius 1 is 1.00 bits per heavy atom. The number of nitrogens with two attached hydrogens (primary N) is 2. The van der Waals surface area contributed by atoms with Crippen LogP contribution in [0.4, 0.5) is 4.79 Å². The highest BCUT2D eigenvalue weighted by atomic mass is 16.5. The van der Waals surface area contributed by atoms with Gasteiger partial charge in [0, 0.05) is 6.54 Å². The van der Waals surface area contributed by atoms with Gasteiger partial charge in [-0.3, -0.25) is 14.6 Å². The Labute approximate surface area is 190 Å². The number of carbonyl (C=O) groups excluding carboxylic acids is 4. The van der Waals surface area contributed by atoms with Crippen molar-refractivity contribution in [3.8, 4) is 0 Å². The van der Waals surface area contributed by atoms with Gasteiger partial charge in [0.05, 0.1) is 19.3 Å². The van der Waals surface area contributed by atoms with Crippen LogP contribution in [0.1, 0.15) is 18.4 Å². The Bertz CT molecular complexity index is 801. The number of aliphatic imine (C=N–C) groups is 1. The molecule has 1 aromatic rings. The van der Waals surface area contributed by atoms with Crippen LogP contribution in [-0.2, 0) is 25.7 Å². The van der Waals surface area contributed by atoms with Crippen LogP contribution in [0.2, 0.25) is 0 Å². The molecular weight excluding hydrogens is 436 g/mol. The van der Waals surface area contributed by atoms with Crippen molar-refractivity contribution in [2.24, 2.45) is 16.5 Å². The van der Waals surface area contributed by atoms with Gasteiger partial charge in [0.25, 0.3) is 0 Å². The van der Waals surface area contributed by atoms with Gasteiger partial charge >= 0.3 is 6.09 Å². The van der Waals surface area contributed by atoms with Crippen molar-refractivity contribution in [3.63, 3.8) is 0 Å².